The molecular weight excluding hydrogens is 244 g/mol. The van der Waals surface area contributed by atoms with Gasteiger partial charge >= 0.3 is 0 Å². The summed E-state index contributed by atoms with van der Waals surface area (Å²) in [5.74, 6) is 0. The molecular formula is C18H40N2. The van der Waals surface area contributed by atoms with Crippen molar-refractivity contribution < 1.29 is 0 Å². The molecule has 0 aromatic heterocycles. The maximum atomic E-state index is 5.50. The molecule has 0 amide bonds. The number of nitrogens with zero attached hydrogens (tertiary/aromatic N) is 1. The van der Waals surface area contributed by atoms with Crippen LogP contribution in [0.15, 0.2) is 0 Å². The molecule has 2 nitrogen and oxygen atoms in total. The fraction of sp³-hybridized carbons (Fsp3) is 1.00. The zero-order chi connectivity index (χ0) is 14.9. The molecule has 0 bridgehead atoms. The summed E-state index contributed by atoms with van der Waals surface area (Å²) in [6.45, 7) is 9.41. The molecule has 0 unspecified atom stereocenters. The number of unbranched alkanes of at least 4 members (excludes halogenated alkanes) is 9. The van der Waals surface area contributed by atoms with Crippen LogP contribution >= 0.6 is 0 Å². The number of nitrogens with two attached hydrogens (primary N) is 1. The minimum absolute atomic E-state index is 0.866. The second kappa shape index (κ2) is 17.0. The molecule has 0 aliphatic heterocycles. The Bertz CT molecular complexity index is 163. The highest BCUT2D eigenvalue weighted by Gasteiger charge is 2.03. The lowest BCUT2D eigenvalue weighted by atomic mass is 10.1. The van der Waals surface area contributed by atoms with Crippen LogP contribution in [-0.2, 0) is 0 Å². The minimum atomic E-state index is 0.866. The second-order valence-corrected chi connectivity index (χ2v) is 6.17. The van der Waals surface area contributed by atoms with Crippen molar-refractivity contribution in [2.24, 2.45) is 5.73 Å². The third-order valence-electron chi connectivity index (χ3n) is 4.08. The molecule has 2 heteroatoms. The SMILES string of the molecule is CCCCN(CCCC)CCCCCCCCCCN. The van der Waals surface area contributed by atoms with Gasteiger partial charge < -0.3 is 10.6 Å². The van der Waals surface area contributed by atoms with E-state index in [9.17, 15) is 0 Å². The van der Waals surface area contributed by atoms with Gasteiger partial charge in [-0.15, -0.1) is 0 Å². The molecule has 0 heterocycles. The van der Waals surface area contributed by atoms with E-state index in [0.717, 1.165) is 6.54 Å². The molecule has 0 saturated carbocycles. The van der Waals surface area contributed by atoms with Crippen LogP contribution in [0.1, 0.15) is 90.9 Å². The molecule has 0 atom stereocenters. The molecule has 0 radical (unpaired) electrons. The molecule has 2 N–H and O–H groups in total. The maximum absolute atomic E-state index is 5.50. The van der Waals surface area contributed by atoms with Gasteiger partial charge in [0.1, 0.15) is 0 Å². The molecule has 0 aliphatic carbocycles. The van der Waals surface area contributed by atoms with Gasteiger partial charge in [-0.1, -0.05) is 65.2 Å². The predicted molar refractivity (Wildman–Crippen MR) is 92.2 cm³/mol. The molecule has 0 spiro atoms. The first kappa shape index (κ1) is 19.9. The Morgan fingerprint density at radius 2 is 0.950 bits per heavy atom. The molecule has 0 fully saturated rings. The van der Waals surface area contributed by atoms with Crippen molar-refractivity contribution in [3.05, 3.63) is 0 Å². The van der Waals surface area contributed by atoms with E-state index in [4.69, 9.17) is 5.73 Å². The minimum Gasteiger partial charge on any atom is -0.330 e. The first-order valence-corrected chi connectivity index (χ1v) is 9.27. The number of hydrogen-bond acceptors (Lipinski definition) is 2. The highest BCUT2D eigenvalue weighted by Crippen LogP contribution is 2.09. The van der Waals surface area contributed by atoms with Gasteiger partial charge in [0.15, 0.2) is 0 Å². The van der Waals surface area contributed by atoms with Crippen LogP contribution in [0.5, 0.6) is 0 Å². The van der Waals surface area contributed by atoms with Crippen LogP contribution < -0.4 is 5.73 Å². The Morgan fingerprint density at radius 3 is 1.40 bits per heavy atom. The van der Waals surface area contributed by atoms with Gasteiger partial charge in [-0.05, 0) is 51.9 Å². The molecule has 0 saturated heterocycles. The van der Waals surface area contributed by atoms with Crippen LogP contribution in [0.2, 0.25) is 0 Å². The van der Waals surface area contributed by atoms with Gasteiger partial charge in [-0.3, -0.25) is 0 Å². The molecule has 0 aromatic rings. The van der Waals surface area contributed by atoms with Crippen molar-refractivity contribution in [1.29, 1.82) is 0 Å². The van der Waals surface area contributed by atoms with Crippen molar-refractivity contribution in [3.63, 3.8) is 0 Å². The lowest BCUT2D eigenvalue weighted by molar-refractivity contribution is 0.259. The second-order valence-electron chi connectivity index (χ2n) is 6.17. The van der Waals surface area contributed by atoms with Crippen molar-refractivity contribution >= 4 is 0 Å². The topological polar surface area (TPSA) is 29.3 Å². The molecule has 0 aromatic carbocycles. The van der Waals surface area contributed by atoms with Gasteiger partial charge in [0.05, 0.1) is 0 Å². The van der Waals surface area contributed by atoms with E-state index in [1.54, 1.807) is 0 Å². The first-order valence-electron chi connectivity index (χ1n) is 9.27. The lowest BCUT2D eigenvalue weighted by Crippen LogP contribution is -2.27. The van der Waals surface area contributed by atoms with E-state index in [0.29, 0.717) is 0 Å². The normalized spacial score (nSPS) is 11.4. The van der Waals surface area contributed by atoms with E-state index < -0.39 is 0 Å². The van der Waals surface area contributed by atoms with Crippen molar-refractivity contribution in [1.82, 2.24) is 4.90 Å². The lowest BCUT2D eigenvalue weighted by Gasteiger charge is -2.21. The summed E-state index contributed by atoms with van der Waals surface area (Å²) in [6.07, 6.45) is 16.4. The third-order valence-corrected chi connectivity index (χ3v) is 4.08. The van der Waals surface area contributed by atoms with Gasteiger partial charge in [-0.25, -0.2) is 0 Å². The maximum Gasteiger partial charge on any atom is -0.00187 e. The Kier molecular flexibility index (Phi) is 16.9. The fourth-order valence-corrected chi connectivity index (χ4v) is 2.64. The van der Waals surface area contributed by atoms with Crippen molar-refractivity contribution in [2.75, 3.05) is 26.2 Å². The first-order chi connectivity index (χ1) is 9.85. The summed E-state index contributed by atoms with van der Waals surface area (Å²) in [5.41, 5.74) is 5.50. The van der Waals surface area contributed by atoms with E-state index in [1.165, 1.54) is 96.7 Å². The number of rotatable bonds is 16. The van der Waals surface area contributed by atoms with E-state index >= 15 is 0 Å². The number of hydrogen-bond donors (Lipinski definition) is 1. The van der Waals surface area contributed by atoms with Crippen LogP contribution in [0, 0.1) is 0 Å². The average molecular weight is 285 g/mol. The molecule has 0 rings (SSSR count). The Labute approximate surface area is 128 Å². The molecule has 20 heavy (non-hydrogen) atoms. The summed E-state index contributed by atoms with van der Waals surface area (Å²) < 4.78 is 0. The van der Waals surface area contributed by atoms with Gasteiger partial charge in [0.2, 0.25) is 0 Å². The average Bonchev–Trinajstić information content (AvgIpc) is 2.47. The van der Waals surface area contributed by atoms with E-state index in [2.05, 4.69) is 18.7 Å². The summed E-state index contributed by atoms with van der Waals surface area (Å²) >= 11 is 0. The Hall–Kier alpha value is -0.0800. The molecule has 122 valence electrons. The Balaban J connectivity index is 3.38. The summed E-state index contributed by atoms with van der Waals surface area (Å²) in [5, 5.41) is 0. The zero-order valence-electron chi connectivity index (χ0n) is 14.3. The van der Waals surface area contributed by atoms with Crippen LogP contribution in [-0.4, -0.2) is 31.1 Å². The fourth-order valence-electron chi connectivity index (χ4n) is 2.64. The molecule has 0 aliphatic rings. The van der Waals surface area contributed by atoms with Crippen molar-refractivity contribution in [3.8, 4) is 0 Å². The smallest absolute Gasteiger partial charge is 0.00187 e. The van der Waals surface area contributed by atoms with E-state index in [1.807, 2.05) is 0 Å². The predicted octanol–water partition coefficient (Wildman–Crippen LogP) is 4.97. The summed E-state index contributed by atoms with van der Waals surface area (Å²) in [6, 6.07) is 0. The van der Waals surface area contributed by atoms with Crippen molar-refractivity contribution in [2.45, 2.75) is 90.9 Å². The van der Waals surface area contributed by atoms with Gasteiger partial charge in [0.25, 0.3) is 0 Å². The Morgan fingerprint density at radius 1 is 0.550 bits per heavy atom. The van der Waals surface area contributed by atoms with Crippen LogP contribution in [0.25, 0.3) is 0 Å². The van der Waals surface area contributed by atoms with Crippen LogP contribution in [0.3, 0.4) is 0 Å². The summed E-state index contributed by atoms with van der Waals surface area (Å²) in [4.78, 5) is 2.69. The zero-order valence-corrected chi connectivity index (χ0v) is 14.3. The standard InChI is InChI=1S/C18H40N2/c1-3-5-16-20(17-6-4-2)18-14-12-10-8-7-9-11-13-15-19/h3-19H2,1-2H3. The third kappa shape index (κ3) is 14.3. The van der Waals surface area contributed by atoms with Crippen LogP contribution in [0.4, 0.5) is 0 Å². The summed E-state index contributed by atoms with van der Waals surface area (Å²) in [7, 11) is 0. The van der Waals surface area contributed by atoms with E-state index in [-0.39, 0.29) is 0 Å². The van der Waals surface area contributed by atoms with Gasteiger partial charge in [-0.2, -0.15) is 0 Å². The quantitative estimate of drug-likeness (QED) is 0.406. The highest BCUT2D eigenvalue weighted by molar-refractivity contribution is 4.58. The monoisotopic (exact) mass is 284 g/mol. The largest absolute Gasteiger partial charge is 0.330 e. The highest BCUT2D eigenvalue weighted by atomic mass is 15.1. The van der Waals surface area contributed by atoms with Gasteiger partial charge in [0, 0.05) is 0 Å².